The highest BCUT2D eigenvalue weighted by Crippen LogP contribution is 2.26. The molecule has 2 nitrogen and oxygen atoms in total. The van der Waals surface area contributed by atoms with Crippen molar-refractivity contribution in [2.75, 3.05) is 14.1 Å². The molecule has 0 fully saturated rings. The first-order valence-corrected chi connectivity index (χ1v) is 6.08. The average molecular weight is 234 g/mol. The summed E-state index contributed by atoms with van der Waals surface area (Å²) >= 11 is 1.76. The maximum absolute atomic E-state index is 4.50. The Bertz CT molecular complexity index is 401. The minimum Gasteiger partial charge on any atom is -0.323 e. The predicted octanol–water partition coefficient (Wildman–Crippen LogP) is 3.26. The molecule has 0 unspecified atom stereocenters. The van der Waals surface area contributed by atoms with Crippen molar-refractivity contribution < 1.29 is 0 Å². The molecule has 2 aromatic rings. The van der Waals surface area contributed by atoms with Gasteiger partial charge in [-0.3, -0.25) is 0 Å². The summed E-state index contributed by atoms with van der Waals surface area (Å²) < 4.78 is 0. The van der Waals surface area contributed by atoms with Gasteiger partial charge in [0, 0.05) is 10.4 Å². The van der Waals surface area contributed by atoms with E-state index in [0.29, 0.717) is 0 Å². The normalized spacial score (nSPS) is 9.50. The molecule has 16 heavy (non-hydrogen) atoms. The van der Waals surface area contributed by atoms with Gasteiger partial charge >= 0.3 is 0 Å². The van der Waals surface area contributed by atoms with Crippen LogP contribution in [-0.2, 0) is 0 Å². The van der Waals surface area contributed by atoms with E-state index in [1.165, 1.54) is 10.4 Å². The molecule has 86 valence electrons. The Morgan fingerprint density at radius 1 is 1.06 bits per heavy atom. The molecule has 3 heteroatoms. The monoisotopic (exact) mass is 234 g/mol. The number of rotatable bonds is 1. The van der Waals surface area contributed by atoms with Crippen LogP contribution in [0.3, 0.4) is 0 Å². The second-order valence-electron chi connectivity index (χ2n) is 3.53. The fourth-order valence-corrected chi connectivity index (χ4v) is 2.10. The van der Waals surface area contributed by atoms with Crippen LogP contribution in [0, 0.1) is 13.8 Å². The maximum Gasteiger partial charge on any atom is 0.123 e. The fraction of sp³-hybridized carbons (Fsp3) is 0.308. The van der Waals surface area contributed by atoms with Gasteiger partial charge in [0.25, 0.3) is 0 Å². The van der Waals surface area contributed by atoms with Crippen molar-refractivity contribution in [3.63, 3.8) is 0 Å². The van der Waals surface area contributed by atoms with Crippen molar-refractivity contribution in [1.29, 1.82) is 0 Å². The van der Waals surface area contributed by atoms with Crippen molar-refractivity contribution in [1.82, 2.24) is 10.3 Å². The van der Waals surface area contributed by atoms with E-state index in [2.05, 4.69) is 36.3 Å². The van der Waals surface area contributed by atoms with Gasteiger partial charge in [-0.2, -0.15) is 0 Å². The minimum atomic E-state index is 1.12. The summed E-state index contributed by atoms with van der Waals surface area (Å²) in [5, 5.41) is 3.87. The average Bonchev–Trinajstić information content (AvgIpc) is 2.62. The summed E-state index contributed by atoms with van der Waals surface area (Å²) in [5.41, 5.74) is 2.35. The lowest BCUT2D eigenvalue weighted by atomic mass is 10.2. The second kappa shape index (κ2) is 6.40. The fourth-order valence-electron chi connectivity index (χ4n) is 1.18. The van der Waals surface area contributed by atoms with Gasteiger partial charge in [0.05, 0.1) is 5.69 Å². The highest BCUT2D eigenvalue weighted by atomic mass is 32.1. The van der Waals surface area contributed by atoms with Crippen LogP contribution >= 0.6 is 11.3 Å². The van der Waals surface area contributed by atoms with Gasteiger partial charge in [-0.05, 0) is 27.9 Å². The highest BCUT2D eigenvalue weighted by molar-refractivity contribution is 7.15. The van der Waals surface area contributed by atoms with Gasteiger partial charge in [-0.25, -0.2) is 4.98 Å². The number of nitrogens with zero attached hydrogens (tertiary/aromatic N) is 1. The van der Waals surface area contributed by atoms with Crippen LogP contribution in [0.5, 0.6) is 0 Å². The van der Waals surface area contributed by atoms with Gasteiger partial charge < -0.3 is 5.32 Å². The number of thiazole rings is 1. The van der Waals surface area contributed by atoms with Gasteiger partial charge in [-0.15, -0.1) is 11.3 Å². The molecular formula is C13H18N2S. The number of nitrogens with one attached hydrogen (secondary N) is 1. The van der Waals surface area contributed by atoms with Crippen molar-refractivity contribution in [2.45, 2.75) is 13.8 Å². The third kappa shape index (κ3) is 3.43. The third-order valence-electron chi connectivity index (χ3n) is 2.05. The number of hydrogen-bond acceptors (Lipinski definition) is 3. The molecule has 2 rings (SSSR count). The zero-order valence-corrected chi connectivity index (χ0v) is 11.1. The maximum atomic E-state index is 4.50. The van der Waals surface area contributed by atoms with Gasteiger partial charge in [0.2, 0.25) is 0 Å². The van der Waals surface area contributed by atoms with Crippen LogP contribution in [0.4, 0.5) is 0 Å². The molecule has 0 atom stereocenters. The summed E-state index contributed by atoms with van der Waals surface area (Å²) in [7, 11) is 3.75. The first-order chi connectivity index (χ1) is 7.69. The number of hydrogen-bond donors (Lipinski definition) is 1. The molecule has 0 aliphatic rings. The SMILES string of the molecule is CNC.Cc1nc(-c2ccccc2)sc1C. The van der Waals surface area contributed by atoms with Crippen LogP contribution in [-0.4, -0.2) is 19.1 Å². The molecule has 1 N–H and O–H groups in total. The van der Waals surface area contributed by atoms with Crippen molar-refractivity contribution >= 4 is 11.3 Å². The van der Waals surface area contributed by atoms with Gasteiger partial charge in [0.15, 0.2) is 0 Å². The van der Waals surface area contributed by atoms with Crippen LogP contribution in [0.1, 0.15) is 10.6 Å². The molecule has 0 spiro atoms. The number of aryl methyl sites for hydroxylation is 2. The number of aromatic nitrogens is 1. The van der Waals surface area contributed by atoms with E-state index in [1.54, 1.807) is 11.3 Å². The number of benzene rings is 1. The van der Waals surface area contributed by atoms with Gasteiger partial charge in [-0.1, -0.05) is 30.3 Å². The zero-order valence-electron chi connectivity index (χ0n) is 10.2. The molecule has 1 aromatic heterocycles. The summed E-state index contributed by atoms with van der Waals surface area (Å²) in [4.78, 5) is 5.80. The predicted molar refractivity (Wildman–Crippen MR) is 72.0 cm³/mol. The molecule has 0 aliphatic heterocycles. The Kier molecular flexibility index (Phi) is 5.15. The van der Waals surface area contributed by atoms with Crippen molar-refractivity contribution in [3.8, 4) is 10.6 Å². The van der Waals surface area contributed by atoms with Crippen LogP contribution < -0.4 is 5.32 Å². The second-order valence-corrected chi connectivity index (χ2v) is 4.73. The van der Waals surface area contributed by atoms with E-state index in [0.717, 1.165) is 10.7 Å². The largest absolute Gasteiger partial charge is 0.323 e. The lowest BCUT2D eigenvalue weighted by Gasteiger charge is -1.92. The van der Waals surface area contributed by atoms with E-state index in [4.69, 9.17) is 0 Å². The molecule has 1 heterocycles. The Labute approximate surface area is 101 Å². The molecule has 1 aromatic carbocycles. The molecular weight excluding hydrogens is 216 g/mol. The summed E-state index contributed by atoms with van der Waals surface area (Å²) in [6.07, 6.45) is 0. The van der Waals surface area contributed by atoms with Crippen molar-refractivity contribution in [2.24, 2.45) is 0 Å². The van der Waals surface area contributed by atoms with E-state index >= 15 is 0 Å². The lowest BCUT2D eigenvalue weighted by Crippen LogP contribution is -1.89. The Morgan fingerprint density at radius 3 is 2.06 bits per heavy atom. The molecule has 0 bridgehead atoms. The summed E-state index contributed by atoms with van der Waals surface area (Å²) in [6, 6.07) is 10.3. The zero-order chi connectivity index (χ0) is 12.0. The first-order valence-electron chi connectivity index (χ1n) is 5.27. The van der Waals surface area contributed by atoms with E-state index in [-0.39, 0.29) is 0 Å². The summed E-state index contributed by atoms with van der Waals surface area (Å²) in [6.45, 7) is 4.16. The standard InChI is InChI=1S/C11H11NS.C2H7N/c1-8-9(2)13-11(12-8)10-6-4-3-5-7-10;1-3-2/h3-7H,1-2H3;3H,1-2H3. The van der Waals surface area contributed by atoms with Crippen molar-refractivity contribution in [3.05, 3.63) is 40.9 Å². The summed E-state index contributed by atoms with van der Waals surface area (Å²) in [5.74, 6) is 0. The van der Waals surface area contributed by atoms with E-state index < -0.39 is 0 Å². The van der Waals surface area contributed by atoms with Crippen LogP contribution in [0.25, 0.3) is 10.6 Å². The molecule has 0 aliphatic carbocycles. The smallest absolute Gasteiger partial charge is 0.123 e. The Balaban J connectivity index is 0.000000386. The lowest BCUT2D eigenvalue weighted by molar-refractivity contribution is 1.02. The van der Waals surface area contributed by atoms with E-state index in [9.17, 15) is 0 Å². The topological polar surface area (TPSA) is 24.9 Å². The molecule has 0 saturated carbocycles. The quantitative estimate of drug-likeness (QED) is 0.819. The first kappa shape index (κ1) is 12.9. The minimum absolute atomic E-state index is 1.12. The van der Waals surface area contributed by atoms with Crippen LogP contribution in [0.2, 0.25) is 0 Å². The van der Waals surface area contributed by atoms with E-state index in [1.807, 2.05) is 32.3 Å². The third-order valence-corrected chi connectivity index (χ3v) is 3.17. The van der Waals surface area contributed by atoms with Crippen LogP contribution in [0.15, 0.2) is 30.3 Å². The Hall–Kier alpha value is -1.19. The van der Waals surface area contributed by atoms with Gasteiger partial charge in [0.1, 0.15) is 5.01 Å². The highest BCUT2D eigenvalue weighted by Gasteiger charge is 2.04. The Morgan fingerprint density at radius 2 is 1.62 bits per heavy atom. The molecule has 0 amide bonds. The molecule has 0 radical (unpaired) electrons. The molecule has 0 saturated heterocycles.